The second-order valence-electron chi connectivity index (χ2n) is 6.39. The summed E-state index contributed by atoms with van der Waals surface area (Å²) in [6, 6.07) is 17.3. The minimum Gasteiger partial charge on any atom is -0.481 e. The van der Waals surface area contributed by atoms with Gasteiger partial charge in [0.2, 0.25) is 0 Å². The van der Waals surface area contributed by atoms with E-state index in [2.05, 4.69) is 26.1 Å². The lowest BCUT2D eigenvalue weighted by molar-refractivity contribution is -0.122. The van der Waals surface area contributed by atoms with E-state index < -0.39 is 6.10 Å². The molecule has 0 spiro atoms. The van der Waals surface area contributed by atoms with Gasteiger partial charge in [-0.2, -0.15) is 0 Å². The van der Waals surface area contributed by atoms with Crippen LogP contribution in [0.1, 0.15) is 33.3 Å². The van der Waals surface area contributed by atoms with Crippen molar-refractivity contribution in [2.45, 2.75) is 39.2 Å². The summed E-state index contributed by atoms with van der Waals surface area (Å²) in [5.41, 5.74) is 2.12. The van der Waals surface area contributed by atoms with Crippen LogP contribution in [0.3, 0.4) is 0 Å². The first kappa shape index (κ1) is 16.1. The van der Waals surface area contributed by atoms with E-state index in [1.54, 1.807) is 6.92 Å². The molecule has 0 bridgehead atoms. The number of rotatable bonds is 4. The van der Waals surface area contributed by atoms with E-state index in [0.29, 0.717) is 5.75 Å². The Balaban J connectivity index is 1.96. The van der Waals surface area contributed by atoms with Gasteiger partial charge in [-0.05, 0) is 42.2 Å². The fraction of sp³-hybridized carbons (Fsp3) is 0.316. The van der Waals surface area contributed by atoms with Gasteiger partial charge in [-0.3, -0.25) is 4.79 Å². The number of benzene rings is 2. The van der Waals surface area contributed by atoms with Gasteiger partial charge in [-0.1, -0.05) is 51.1 Å². The molecule has 2 aromatic rings. The predicted octanol–water partition coefficient (Wildman–Crippen LogP) is 4.39. The summed E-state index contributed by atoms with van der Waals surface area (Å²) >= 11 is 0. The second kappa shape index (κ2) is 6.65. The first-order chi connectivity index (χ1) is 10.4. The summed E-state index contributed by atoms with van der Waals surface area (Å²) in [4.78, 5) is 12.2. The Hall–Kier alpha value is -2.29. The maximum absolute atomic E-state index is 12.2. The molecule has 1 atom stereocenters. The van der Waals surface area contributed by atoms with Crippen molar-refractivity contribution in [3.05, 3.63) is 60.2 Å². The first-order valence-corrected chi connectivity index (χ1v) is 7.49. The standard InChI is InChI=1S/C19H23NO2/c1-14(22-17-8-6-5-7-9-17)18(21)20-16-12-10-15(11-13-16)19(2,3)4/h5-14H,1-4H3,(H,20,21)/t14-/m1/s1. The zero-order valence-corrected chi connectivity index (χ0v) is 13.6. The molecule has 3 heteroatoms. The normalized spacial score (nSPS) is 12.5. The number of anilines is 1. The molecule has 0 aliphatic rings. The summed E-state index contributed by atoms with van der Waals surface area (Å²) in [6.07, 6.45) is -0.551. The van der Waals surface area contributed by atoms with Crippen LogP contribution in [-0.4, -0.2) is 12.0 Å². The van der Waals surface area contributed by atoms with E-state index in [1.807, 2.05) is 54.6 Å². The number of ether oxygens (including phenoxy) is 1. The second-order valence-corrected chi connectivity index (χ2v) is 6.39. The van der Waals surface area contributed by atoms with Crippen LogP contribution in [0.5, 0.6) is 5.75 Å². The molecule has 116 valence electrons. The molecule has 0 unspecified atom stereocenters. The maximum Gasteiger partial charge on any atom is 0.265 e. The maximum atomic E-state index is 12.2. The Kier molecular flexibility index (Phi) is 4.86. The van der Waals surface area contributed by atoms with Crippen LogP contribution in [0.2, 0.25) is 0 Å². The molecule has 0 aromatic heterocycles. The van der Waals surface area contributed by atoms with Crippen LogP contribution in [0.4, 0.5) is 5.69 Å². The van der Waals surface area contributed by atoms with Crippen molar-refractivity contribution in [2.75, 3.05) is 5.32 Å². The van der Waals surface area contributed by atoms with Crippen LogP contribution in [-0.2, 0) is 10.2 Å². The van der Waals surface area contributed by atoms with E-state index >= 15 is 0 Å². The third-order valence-corrected chi connectivity index (χ3v) is 3.44. The molecule has 2 rings (SSSR count). The van der Waals surface area contributed by atoms with Gasteiger partial charge in [0.15, 0.2) is 6.10 Å². The van der Waals surface area contributed by atoms with Crippen molar-refractivity contribution in [1.29, 1.82) is 0 Å². The van der Waals surface area contributed by atoms with E-state index in [0.717, 1.165) is 5.69 Å². The Morgan fingerprint density at radius 1 is 1.00 bits per heavy atom. The zero-order valence-electron chi connectivity index (χ0n) is 13.6. The number of para-hydroxylation sites is 1. The van der Waals surface area contributed by atoms with Crippen molar-refractivity contribution in [2.24, 2.45) is 0 Å². The van der Waals surface area contributed by atoms with Crippen LogP contribution >= 0.6 is 0 Å². The third kappa shape index (κ3) is 4.35. The van der Waals surface area contributed by atoms with E-state index in [1.165, 1.54) is 5.56 Å². The molecule has 3 nitrogen and oxygen atoms in total. The highest BCUT2D eigenvalue weighted by atomic mass is 16.5. The third-order valence-electron chi connectivity index (χ3n) is 3.44. The Bertz CT molecular complexity index is 612. The smallest absolute Gasteiger partial charge is 0.265 e. The molecular weight excluding hydrogens is 274 g/mol. The van der Waals surface area contributed by atoms with Crippen molar-refractivity contribution in [1.82, 2.24) is 0 Å². The van der Waals surface area contributed by atoms with Gasteiger partial charge in [-0.25, -0.2) is 0 Å². The molecule has 0 aliphatic heterocycles. The molecular formula is C19H23NO2. The van der Waals surface area contributed by atoms with Crippen molar-refractivity contribution in [3.63, 3.8) is 0 Å². The number of carbonyl (C=O) groups is 1. The lowest BCUT2D eigenvalue weighted by Gasteiger charge is -2.19. The number of amides is 1. The summed E-state index contributed by atoms with van der Waals surface area (Å²) in [5, 5.41) is 2.88. The zero-order chi connectivity index (χ0) is 16.2. The molecule has 0 aliphatic carbocycles. The fourth-order valence-electron chi connectivity index (χ4n) is 2.05. The van der Waals surface area contributed by atoms with Gasteiger partial charge in [0, 0.05) is 5.69 Å². The lowest BCUT2D eigenvalue weighted by Crippen LogP contribution is -2.30. The molecule has 0 heterocycles. The number of hydrogen-bond acceptors (Lipinski definition) is 2. The van der Waals surface area contributed by atoms with Gasteiger partial charge in [-0.15, -0.1) is 0 Å². The summed E-state index contributed by atoms with van der Waals surface area (Å²) in [6.45, 7) is 8.23. The topological polar surface area (TPSA) is 38.3 Å². The number of hydrogen-bond donors (Lipinski definition) is 1. The molecule has 0 saturated carbocycles. The van der Waals surface area contributed by atoms with E-state index in [9.17, 15) is 4.79 Å². The van der Waals surface area contributed by atoms with Crippen LogP contribution in [0.15, 0.2) is 54.6 Å². The van der Waals surface area contributed by atoms with Gasteiger partial charge < -0.3 is 10.1 Å². The summed E-state index contributed by atoms with van der Waals surface area (Å²) in [7, 11) is 0. The van der Waals surface area contributed by atoms with Crippen LogP contribution in [0, 0.1) is 0 Å². The number of nitrogens with one attached hydrogen (secondary N) is 1. The minimum absolute atomic E-state index is 0.103. The minimum atomic E-state index is -0.551. The molecule has 0 radical (unpaired) electrons. The first-order valence-electron chi connectivity index (χ1n) is 7.49. The van der Waals surface area contributed by atoms with Crippen LogP contribution in [0.25, 0.3) is 0 Å². The SMILES string of the molecule is C[C@@H](Oc1ccccc1)C(=O)Nc1ccc(C(C)(C)C)cc1. The average molecular weight is 297 g/mol. The molecule has 0 fully saturated rings. The molecule has 0 saturated heterocycles. The van der Waals surface area contributed by atoms with Crippen LogP contribution < -0.4 is 10.1 Å². The average Bonchev–Trinajstić information content (AvgIpc) is 2.48. The van der Waals surface area contributed by atoms with Gasteiger partial charge >= 0.3 is 0 Å². The monoisotopic (exact) mass is 297 g/mol. The van der Waals surface area contributed by atoms with E-state index in [4.69, 9.17) is 4.74 Å². The van der Waals surface area contributed by atoms with Crippen molar-refractivity contribution < 1.29 is 9.53 Å². The quantitative estimate of drug-likeness (QED) is 0.909. The van der Waals surface area contributed by atoms with Gasteiger partial charge in [0.25, 0.3) is 5.91 Å². The van der Waals surface area contributed by atoms with E-state index in [-0.39, 0.29) is 11.3 Å². The summed E-state index contributed by atoms with van der Waals surface area (Å²) in [5.74, 6) is 0.528. The Morgan fingerprint density at radius 3 is 2.14 bits per heavy atom. The molecule has 2 aromatic carbocycles. The molecule has 22 heavy (non-hydrogen) atoms. The van der Waals surface area contributed by atoms with Crippen molar-refractivity contribution >= 4 is 11.6 Å². The van der Waals surface area contributed by atoms with Gasteiger partial charge in [0.1, 0.15) is 5.75 Å². The Labute approximate surface area is 132 Å². The largest absolute Gasteiger partial charge is 0.481 e. The molecule has 1 N–H and O–H groups in total. The molecule has 1 amide bonds. The highest BCUT2D eigenvalue weighted by molar-refractivity contribution is 5.94. The lowest BCUT2D eigenvalue weighted by atomic mass is 9.87. The highest BCUT2D eigenvalue weighted by Crippen LogP contribution is 2.23. The highest BCUT2D eigenvalue weighted by Gasteiger charge is 2.16. The predicted molar refractivity (Wildman–Crippen MR) is 90.3 cm³/mol. The van der Waals surface area contributed by atoms with Crippen molar-refractivity contribution in [3.8, 4) is 5.75 Å². The fourth-order valence-corrected chi connectivity index (χ4v) is 2.05. The number of carbonyl (C=O) groups excluding carboxylic acids is 1. The summed E-state index contributed by atoms with van der Waals surface area (Å²) < 4.78 is 5.61. The Morgan fingerprint density at radius 2 is 1.59 bits per heavy atom. The van der Waals surface area contributed by atoms with Gasteiger partial charge in [0.05, 0.1) is 0 Å².